The van der Waals surface area contributed by atoms with Crippen molar-refractivity contribution in [3.05, 3.63) is 56.3 Å². The van der Waals surface area contributed by atoms with Crippen LogP contribution < -0.4 is 5.73 Å². The molecule has 3 aliphatic rings. The lowest BCUT2D eigenvalue weighted by Gasteiger charge is -2.45. The van der Waals surface area contributed by atoms with Gasteiger partial charge in [0.25, 0.3) is 5.91 Å². The van der Waals surface area contributed by atoms with Gasteiger partial charge < -0.3 is 25.8 Å². The molecule has 1 aromatic rings. The summed E-state index contributed by atoms with van der Waals surface area (Å²) in [6.07, 6.45) is 0.184. The quantitative estimate of drug-likeness (QED) is 0.275. The van der Waals surface area contributed by atoms with Gasteiger partial charge in [-0.1, -0.05) is 6.07 Å². The van der Waals surface area contributed by atoms with Crippen LogP contribution in [0.15, 0.2) is 39.9 Å². The van der Waals surface area contributed by atoms with Crippen molar-refractivity contribution in [1.29, 1.82) is 0 Å². The predicted molar refractivity (Wildman–Crippen MR) is 114 cm³/mol. The van der Waals surface area contributed by atoms with Gasteiger partial charge >= 0.3 is 5.97 Å². The van der Waals surface area contributed by atoms with Gasteiger partial charge in [0, 0.05) is 24.3 Å². The van der Waals surface area contributed by atoms with Gasteiger partial charge in [0.1, 0.15) is 22.8 Å². The van der Waals surface area contributed by atoms with Crippen LogP contribution in [0.2, 0.25) is 0 Å². The maximum Gasteiger partial charge on any atom is 0.305 e. The predicted octanol–water partition coefficient (Wildman–Crippen LogP) is 0.894. The zero-order valence-electron chi connectivity index (χ0n) is 18.2. The maximum absolute atomic E-state index is 13.4. The first-order valence-electron chi connectivity index (χ1n) is 10.6. The summed E-state index contributed by atoms with van der Waals surface area (Å²) in [6, 6.07) is 2.89. The molecule has 0 bridgehead atoms. The molecule has 0 radical (unpaired) electrons. The Bertz CT molecular complexity index is 1230. The number of carbonyl (C=O) groups excluding carboxylic acids is 4. The van der Waals surface area contributed by atoms with E-state index in [1.165, 1.54) is 13.2 Å². The van der Waals surface area contributed by atoms with E-state index >= 15 is 0 Å². The molecule has 0 saturated carbocycles. The van der Waals surface area contributed by atoms with Crippen molar-refractivity contribution >= 4 is 23.4 Å². The monoisotopic (exact) mass is 470 g/mol. The van der Waals surface area contributed by atoms with Crippen molar-refractivity contribution in [2.24, 2.45) is 22.7 Å². The Balaban J connectivity index is 1.83. The topological polar surface area (TPSA) is 194 Å². The van der Waals surface area contributed by atoms with E-state index in [1.807, 2.05) is 0 Å². The summed E-state index contributed by atoms with van der Waals surface area (Å²) in [7, 11) is 1.26. The number of benzene rings is 1. The van der Waals surface area contributed by atoms with Crippen LogP contribution in [0.4, 0.5) is 0 Å². The number of hydrogen-bond donors (Lipinski definition) is 4. The van der Waals surface area contributed by atoms with E-state index in [9.17, 15) is 39.4 Å². The number of aliphatic hydroxyl groups excluding tert-OH is 1. The molecule has 0 fully saturated rings. The number of rotatable bonds is 5. The summed E-state index contributed by atoms with van der Waals surface area (Å²) in [6.45, 7) is 0. The van der Waals surface area contributed by atoms with E-state index < -0.39 is 57.9 Å². The molecule has 0 unspecified atom stereocenters. The average molecular weight is 470 g/mol. The van der Waals surface area contributed by atoms with Crippen LogP contribution in [0.5, 0.6) is 5.75 Å². The number of aromatic hydroxyl groups is 1. The smallest absolute Gasteiger partial charge is 0.305 e. The molecule has 3 atom stereocenters. The van der Waals surface area contributed by atoms with Crippen molar-refractivity contribution in [1.82, 2.24) is 0 Å². The fourth-order valence-corrected chi connectivity index (χ4v) is 5.34. The van der Waals surface area contributed by atoms with Crippen LogP contribution in [-0.4, -0.2) is 51.5 Å². The Morgan fingerprint density at radius 2 is 1.94 bits per heavy atom. The molecular weight excluding hydrogens is 448 g/mol. The van der Waals surface area contributed by atoms with E-state index in [0.717, 1.165) is 0 Å². The van der Waals surface area contributed by atoms with Crippen molar-refractivity contribution in [2.45, 2.75) is 37.7 Å². The number of allylic oxidation sites excluding steroid dienone is 2. The Hall–Kier alpha value is -3.86. The summed E-state index contributed by atoms with van der Waals surface area (Å²) in [5, 5.41) is 35.4. The number of nitrogens with zero attached hydrogens (tertiary/aromatic N) is 1. The number of esters is 1. The van der Waals surface area contributed by atoms with Crippen LogP contribution in [0, 0.1) is 16.7 Å². The zero-order valence-corrected chi connectivity index (χ0v) is 18.2. The second-order valence-corrected chi connectivity index (χ2v) is 8.68. The Morgan fingerprint density at radius 3 is 2.56 bits per heavy atom. The molecular formula is C23H22N2O9. The third kappa shape index (κ3) is 3.23. The standard InChI is InChI=1S/C23H22N2O9/c1-34-15(27)5-3-9-2-4-14(26)17-12(9)7-10-6-11-8-13(25-33)18(22(24)31)21(30)23(11,32)20(29)16(10)19(17)28/h2,4,10-11,26,29,32H,3,5-8H2,1H3,(H2,24,31)/t10-,11+,23+/m1/s1. The second kappa shape index (κ2) is 8.17. The summed E-state index contributed by atoms with van der Waals surface area (Å²) < 4.78 is 4.66. The molecule has 11 heteroatoms. The van der Waals surface area contributed by atoms with Crippen molar-refractivity contribution in [3.8, 4) is 5.75 Å². The lowest BCUT2D eigenvalue weighted by Crippen LogP contribution is -2.57. The molecule has 0 aromatic heterocycles. The molecule has 34 heavy (non-hydrogen) atoms. The third-order valence-corrected chi connectivity index (χ3v) is 6.98. The molecule has 4 rings (SSSR count). The normalized spacial score (nSPS) is 25.9. The highest BCUT2D eigenvalue weighted by atomic mass is 16.5. The number of phenols is 1. The number of ketones is 2. The molecule has 0 aliphatic heterocycles. The Labute approximate surface area is 192 Å². The number of phenolic OH excluding ortho intramolecular Hbond substituents is 1. The largest absolute Gasteiger partial charge is 0.508 e. The molecule has 0 saturated heterocycles. The second-order valence-electron chi connectivity index (χ2n) is 8.68. The number of amides is 1. The highest BCUT2D eigenvalue weighted by molar-refractivity contribution is 6.24. The summed E-state index contributed by atoms with van der Waals surface area (Å²) in [5.74, 6) is -6.74. The first kappa shape index (κ1) is 23.3. The van der Waals surface area contributed by atoms with Gasteiger partial charge in [-0.05, 0) is 47.6 Å². The molecule has 1 amide bonds. The Morgan fingerprint density at radius 1 is 1.24 bits per heavy atom. The Kier molecular flexibility index (Phi) is 5.60. The van der Waals surface area contributed by atoms with E-state index in [0.29, 0.717) is 11.1 Å². The number of aliphatic hydroxyl groups is 2. The fourth-order valence-electron chi connectivity index (χ4n) is 5.34. The van der Waals surface area contributed by atoms with E-state index in [-0.39, 0.29) is 49.0 Å². The van der Waals surface area contributed by atoms with Crippen LogP contribution in [0.1, 0.15) is 40.7 Å². The van der Waals surface area contributed by atoms with Gasteiger partial charge in [-0.3, -0.25) is 19.2 Å². The van der Waals surface area contributed by atoms with E-state index in [4.69, 9.17) is 5.73 Å². The highest BCUT2D eigenvalue weighted by Gasteiger charge is 2.59. The highest BCUT2D eigenvalue weighted by Crippen LogP contribution is 2.52. The number of aryl methyl sites for hydroxylation is 1. The van der Waals surface area contributed by atoms with Gasteiger partial charge in [-0.2, -0.15) is 0 Å². The van der Waals surface area contributed by atoms with Crippen molar-refractivity contribution in [2.75, 3.05) is 7.11 Å². The summed E-state index contributed by atoms with van der Waals surface area (Å²) >= 11 is 0. The van der Waals surface area contributed by atoms with Crippen LogP contribution >= 0.6 is 0 Å². The van der Waals surface area contributed by atoms with Gasteiger partial charge in [0.2, 0.25) is 5.78 Å². The minimum absolute atomic E-state index is 0.0178. The molecule has 0 spiro atoms. The first-order chi connectivity index (χ1) is 16.1. The number of hydrogen-bond acceptors (Lipinski definition) is 10. The lowest BCUT2D eigenvalue weighted by atomic mass is 9.60. The molecule has 0 heterocycles. The maximum atomic E-state index is 13.4. The number of Topliss-reactive ketones (excluding diaryl/α,β-unsaturated/α-hetero) is 2. The summed E-state index contributed by atoms with van der Waals surface area (Å²) in [4.78, 5) is 61.1. The summed E-state index contributed by atoms with van der Waals surface area (Å²) in [5.41, 5.74) is 2.15. The van der Waals surface area contributed by atoms with Crippen LogP contribution in [-0.2, 0) is 32.0 Å². The number of fused-ring (bicyclic) bond motifs is 3. The van der Waals surface area contributed by atoms with Crippen molar-refractivity contribution < 1.29 is 39.2 Å². The third-order valence-electron chi connectivity index (χ3n) is 6.98. The molecule has 1 aromatic carbocycles. The minimum atomic E-state index is -2.63. The number of carbonyl (C=O) groups is 4. The van der Waals surface area contributed by atoms with E-state index in [1.54, 1.807) is 6.07 Å². The zero-order chi connectivity index (χ0) is 24.9. The van der Waals surface area contributed by atoms with Crippen LogP contribution in [0.25, 0.3) is 0 Å². The lowest BCUT2D eigenvalue weighted by molar-refractivity contribution is -0.143. The molecule has 5 N–H and O–H groups in total. The number of nitrogens with two attached hydrogens (primary N) is 1. The van der Waals surface area contributed by atoms with Crippen LogP contribution in [0.3, 0.4) is 0 Å². The van der Waals surface area contributed by atoms with Gasteiger partial charge in [-0.15, -0.1) is 4.91 Å². The van der Waals surface area contributed by atoms with Gasteiger partial charge in [0.05, 0.1) is 12.7 Å². The minimum Gasteiger partial charge on any atom is -0.508 e. The van der Waals surface area contributed by atoms with Gasteiger partial charge in [0.15, 0.2) is 11.4 Å². The average Bonchev–Trinajstić information content (AvgIpc) is 2.79. The molecule has 11 nitrogen and oxygen atoms in total. The number of primary amides is 1. The van der Waals surface area contributed by atoms with E-state index in [2.05, 4.69) is 9.91 Å². The fraction of sp³-hybridized carbons (Fsp3) is 0.391. The molecule has 3 aliphatic carbocycles. The SMILES string of the molecule is COC(=O)CCc1ccc(O)c2c1C[C@H]1C[C@H]3CC(N=O)=C(C(N)=O)C(=O)[C@@]3(O)C(O)=C1C2=O. The number of ether oxygens (including phenoxy) is 1. The number of nitroso groups, excluding NO2 is 1. The van der Waals surface area contributed by atoms with Gasteiger partial charge in [-0.25, -0.2) is 0 Å². The first-order valence-corrected chi connectivity index (χ1v) is 10.6. The number of methoxy groups -OCH3 is 1. The molecule has 178 valence electrons. The van der Waals surface area contributed by atoms with Crippen molar-refractivity contribution in [3.63, 3.8) is 0 Å².